The molecule has 0 radical (unpaired) electrons. The molecule has 3 heteroatoms. The maximum atomic E-state index is 9.12. The molecule has 2 bridgehead atoms. The molecule has 1 N–H and O–H groups in total. The topological polar surface area (TPSA) is 26.7 Å². The highest BCUT2D eigenvalue weighted by atomic mass is 16.3. The number of hydrogen-bond donors (Lipinski definition) is 1. The molecule has 2 unspecified atom stereocenters. The monoisotopic (exact) mass is 210 g/mol. The second-order valence-electron chi connectivity index (χ2n) is 5.33. The predicted molar refractivity (Wildman–Crippen MR) is 59.8 cm³/mol. The molecule has 0 spiro atoms. The van der Waals surface area contributed by atoms with Crippen LogP contribution in [-0.4, -0.2) is 59.8 Å². The Bertz CT molecular complexity index is 224. The van der Waals surface area contributed by atoms with Gasteiger partial charge in [0.05, 0.1) is 6.61 Å². The summed E-state index contributed by atoms with van der Waals surface area (Å²) in [5.74, 6) is 0.923. The lowest BCUT2D eigenvalue weighted by Crippen LogP contribution is -2.65. The molecule has 3 nitrogen and oxygen atoms in total. The van der Waals surface area contributed by atoms with Crippen LogP contribution in [0.1, 0.15) is 25.7 Å². The molecular formula is C12H22N2O. The lowest BCUT2D eigenvalue weighted by atomic mass is 9.74. The molecule has 4 saturated heterocycles. The highest BCUT2D eigenvalue weighted by molar-refractivity contribution is 5.01. The van der Waals surface area contributed by atoms with E-state index in [9.17, 15) is 0 Å². The van der Waals surface area contributed by atoms with Crippen LogP contribution in [0.5, 0.6) is 0 Å². The van der Waals surface area contributed by atoms with E-state index in [-0.39, 0.29) is 0 Å². The van der Waals surface area contributed by atoms with Crippen molar-refractivity contribution in [3.05, 3.63) is 0 Å². The second-order valence-corrected chi connectivity index (χ2v) is 5.33. The van der Waals surface area contributed by atoms with Crippen molar-refractivity contribution in [2.24, 2.45) is 5.92 Å². The van der Waals surface area contributed by atoms with Gasteiger partial charge in [0.1, 0.15) is 0 Å². The second kappa shape index (κ2) is 4.04. The van der Waals surface area contributed by atoms with E-state index >= 15 is 0 Å². The molecule has 2 atom stereocenters. The fraction of sp³-hybridized carbons (Fsp3) is 1.00. The average molecular weight is 210 g/mol. The summed E-state index contributed by atoms with van der Waals surface area (Å²) in [7, 11) is 0. The van der Waals surface area contributed by atoms with Gasteiger partial charge in [0, 0.05) is 18.6 Å². The Kier molecular flexibility index (Phi) is 2.71. The van der Waals surface area contributed by atoms with Crippen molar-refractivity contribution in [2.45, 2.75) is 37.8 Å². The number of aliphatic hydroxyl groups excluding tert-OH is 1. The van der Waals surface area contributed by atoms with E-state index in [4.69, 9.17) is 5.11 Å². The van der Waals surface area contributed by atoms with Crippen LogP contribution < -0.4 is 0 Å². The van der Waals surface area contributed by atoms with E-state index in [1.165, 1.54) is 45.3 Å². The highest BCUT2D eigenvalue weighted by Crippen LogP contribution is 2.39. The van der Waals surface area contributed by atoms with Gasteiger partial charge in [-0.15, -0.1) is 0 Å². The lowest BCUT2D eigenvalue weighted by Gasteiger charge is -2.57. The molecule has 0 aromatic rings. The van der Waals surface area contributed by atoms with E-state index in [1.807, 2.05) is 0 Å². The van der Waals surface area contributed by atoms with Crippen LogP contribution in [0.25, 0.3) is 0 Å². The molecule has 4 aliphatic rings. The van der Waals surface area contributed by atoms with Crippen LogP contribution in [0.15, 0.2) is 0 Å². The maximum Gasteiger partial charge on any atom is 0.0558 e. The van der Waals surface area contributed by atoms with Gasteiger partial charge < -0.3 is 5.11 Å². The largest absolute Gasteiger partial charge is 0.395 e. The van der Waals surface area contributed by atoms with Gasteiger partial charge >= 0.3 is 0 Å². The third kappa shape index (κ3) is 1.61. The summed E-state index contributed by atoms with van der Waals surface area (Å²) >= 11 is 0. The van der Waals surface area contributed by atoms with Crippen LogP contribution >= 0.6 is 0 Å². The Labute approximate surface area is 92.1 Å². The molecule has 15 heavy (non-hydrogen) atoms. The first-order valence-electron chi connectivity index (χ1n) is 6.49. The molecule has 0 aromatic heterocycles. The van der Waals surface area contributed by atoms with Crippen LogP contribution in [0.2, 0.25) is 0 Å². The van der Waals surface area contributed by atoms with E-state index in [0.29, 0.717) is 6.61 Å². The van der Waals surface area contributed by atoms with Gasteiger partial charge in [0.25, 0.3) is 0 Å². The van der Waals surface area contributed by atoms with Gasteiger partial charge in [-0.25, -0.2) is 0 Å². The predicted octanol–water partition coefficient (Wildman–Crippen LogP) is 0.537. The first-order chi connectivity index (χ1) is 7.40. The van der Waals surface area contributed by atoms with Crippen LogP contribution in [0, 0.1) is 5.92 Å². The van der Waals surface area contributed by atoms with Gasteiger partial charge in [-0.05, 0) is 51.2 Å². The molecular weight excluding hydrogens is 188 g/mol. The number of hydrogen-bond acceptors (Lipinski definition) is 3. The Morgan fingerprint density at radius 3 is 2.60 bits per heavy atom. The number of nitrogens with zero attached hydrogens (tertiary/aromatic N) is 2. The van der Waals surface area contributed by atoms with Gasteiger partial charge in [-0.1, -0.05) is 0 Å². The maximum absolute atomic E-state index is 9.12. The van der Waals surface area contributed by atoms with Crippen LogP contribution in [0.4, 0.5) is 0 Å². The van der Waals surface area contributed by atoms with Gasteiger partial charge in [0.2, 0.25) is 0 Å². The summed E-state index contributed by atoms with van der Waals surface area (Å²) in [6.45, 7) is 5.10. The van der Waals surface area contributed by atoms with Gasteiger partial charge in [0.15, 0.2) is 0 Å². The quantitative estimate of drug-likeness (QED) is 0.720. The molecule has 4 aliphatic heterocycles. The fourth-order valence-corrected chi connectivity index (χ4v) is 4.06. The van der Waals surface area contributed by atoms with E-state index in [1.54, 1.807) is 0 Å². The zero-order valence-electron chi connectivity index (χ0n) is 9.44. The van der Waals surface area contributed by atoms with Crippen LogP contribution in [-0.2, 0) is 0 Å². The fourth-order valence-electron chi connectivity index (χ4n) is 4.06. The third-order valence-corrected chi connectivity index (χ3v) is 4.67. The van der Waals surface area contributed by atoms with Gasteiger partial charge in [-0.3, -0.25) is 9.80 Å². The highest BCUT2D eigenvalue weighted by Gasteiger charge is 2.45. The number of fused-ring (bicyclic) bond motifs is 2. The lowest BCUT2D eigenvalue weighted by molar-refractivity contribution is -0.0708. The van der Waals surface area contributed by atoms with Crippen molar-refractivity contribution >= 4 is 0 Å². The summed E-state index contributed by atoms with van der Waals surface area (Å²) in [6.07, 6.45) is 5.50. The minimum absolute atomic E-state index is 0.329. The summed E-state index contributed by atoms with van der Waals surface area (Å²) < 4.78 is 0. The molecule has 86 valence electrons. The average Bonchev–Trinajstić information content (AvgIpc) is 2.31. The van der Waals surface area contributed by atoms with Gasteiger partial charge in [-0.2, -0.15) is 0 Å². The minimum atomic E-state index is 0.329. The normalized spacial score (nSPS) is 45.4. The Morgan fingerprint density at radius 1 is 1.07 bits per heavy atom. The van der Waals surface area contributed by atoms with E-state index < -0.39 is 0 Å². The molecule has 0 amide bonds. The third-order valence-electron chi connectivity index (χ3n) is 4.67. The standard InChI is InChI=1S/C12H22N2O/c15-9-8-14-5-1-2-11-12(14)10-3-6-13(11)7-4-10/h10-12,15H,1-9H2. The zero-order chi connectivity index (χ0) is 10.3. The summed E-state index contributed by atoms with van der Waals surface area (Å²) in [5, 5.41) is 9.12. The zero-order valence-corrected chi connectivity index (χ0v) is 9.44. The molecule has 4 heterocycles. The molecule has 0 aliphatic carbocycles. The van der Waals surface area contributed by atoms with Crippen molar-refractivity contribution in [3.63, 3.8) is 0 Å². The van der Waals surface area contributed by atoms with Crippen molar-refractivity contribution in [3.8, 4) is 0 Å². The van der Waals surface area contributed by atoms with E-state index in [0.717, 1.165) is 24.5 Å². The molecule has 4 fully saturated rings. The van der Waals surface area contributed by atoms with Crippen molar-refractivity contribution in [1.82, 2.24) is 9.80 Å². The Morgan fingerprint density at radius 2 is 1.87 bits per heavy atom. The molecule has 4 rings (SSSR count). The summed E-state index contributed by atoms with van der Waals surface area (Å²) in [6, 6.07) is 1.59. The van der Waals surface area contributed by atoms with Crippen molar-refractivity contribution < 1.29 is 5.11 Å². The first-order valence-corrected chi connectivity index (χ1v) is 6.49. The first kappa shape index (κ1) is 10.1. The Balaban J connectivity index is 1.78. The summed E-state index contributed by atoms with van der Waals surface area (Å²) in [4.78, 5) is 5.26. The number of piperidine rings is 4. The molecule has 0 saturated carbocycles. The number of aliphatic hydroxyl groups is 1. The Hall–Kier alpha value is -0.120. The van der Waals surface area contributed by atoms with Crippen molar-refractivity contribution in [2.75, 3.05) is 32.8 Å². The van der Waals surface area contributed by atoms with Crippen LogP contribution in [0.3, 0.4) is 0 Å². The SMILES string of the molecule is OCCN1CCCC2C1C1CCN2CC1. The number of β-amino-alcohol motifs (C(OH)–C–C–N with tert-alkyl or cyclic N) is 1. The molecule has 0 aromatic carbocycles. The van der Waals surface area contributed by atoms with Crippen molar-refractivity contribution in [1.29, 1.82) is 0 Å². The smallest absolute Gasteiger partial charge is 0.0558 e. The number of rotatable bonds is 2. The summed E-state index contributed by atoms with van der Waals surface area (Å²) in [5.41, 5.74) is 0. The number of likely N-dealkylation sites (tertiary alicyclic amines) is 1. The minimum Gasteiger partial charge on any atom is -0.395 e. The van der Waals surface area contributed by atoms with E-state index in [2.05, 4.69) is 9.80 Å².